The standard InChI is InChI=1S/C10H20N6.HI/c1-4-16-7-14-15-9(16)6-13-10(11)12-5-8(2)3;/h7-8H,4-6H2,1-3H3,(H3,11,12,13);1H. The maximum atomic E-state index is 5.71. The van der Waals surface area contributed by atoms with Crippen LogP contribution in [-0.4, -0.2) is 27.3 Å². The molecule has 0 atom stereocenters. The maximum absolute atomic E-state index is 5.71. The Morgan fingerprint density at radius 3 is 2.88 bits per heavy atom. The molecule has 17 heavy (non-hydrogen) atoms. The summed E-state index contributed by atoms with van der Waals surface area (Å²) in [5, 5.41) is 10.9. The molecule has 98 valence electrons. The summed E-state index contributed by atoms with van der Waals surface area (Å²) in [6.07, 6.45) is 1.70. The second-order valence-corrected chi connectivity index (χ2v) is 4.01. The second-order valence-electron chi connectivity index (χ2n) is 4.01. The van der Waals surface area contributed by atoms with Gasteiger partial charge < -0.3 is 15.6 Å². The van der Waals surface area contributed by atoms with Gasteiger partial charge in [0, 0.05) is 13.1 Å². The van der Waals surface area contributed by atoms with Crippen LogP contribution in [0.2, 0.25) is 0 Å². The Labute approximate surface area is 119 Å². The van der Waals surface area contributed by atoms with Gasteiger partial charge in [0.05, 0.1) is 0 Å². The minimum Gasteiger partial charge on any atom is -0.370 e. The molecule has 0 unspecified atom stereocenters. The minimum absolute atomic E-state index is 0. The van der Waals surface area contributed by atoms with Crippen molar-refractivity contribution in [2.24, 2.45) is 16.6 Å². The molecule has 0 aromatic carbocycles. The smallest absolute Gasteiger partial charge is 0.189 e. The van der Waals surface area contributed by atoms with E-state index >= 15 is 0 Å². The zero-order valence-electron chi connectivity index (χ0n) is 10.6. The van der Waals surface area contributed by atoms with E-state index < -0.39 is 0 Å². The number of nitrogens with one attached hydrogen (secondary N) is 1. The average molecular weight is 352 g/mol. The van der Waals surface area contributed by atoms with Crippen LogP contribution in [0.25, 0.3) is 0 Å². The van der Waals surface area contributed by atoms with E-state index in [9.17, 15) is 0 Å². The highest BCUT2D eigenvalue weighted by molar-refractivity contribution is 14.0. The van der Waals surface area contributed by atoms with Gasteiger partial charge in [0.2, 0.25) is 0 Å². The van der Waals surface area contributed by atoms with Crippen LogP contribution in [0.4, 0.5) is 0 Å². The second kappa shape index (κ2) is 8.26. The van der Waals surface area contributed by atoms with Gasteiger partial charge in [-0.15, -0.1) is 34.2 Å². The number of guanidine groups is 1. The van der Waals surface area contributed by atoms with Crippen molar-refractivity contribution in [3.05, 3.63) is 12.2 Å². The molecule has 0 spiro atoms. The molecule has 1 rings (SSSR count). The first-order chi connectivity index (χ1) is 7.63. The Hall–Kier alpha value is -0.860. The summed E-state index contributed by atoms with van der Waals surface area (Å²) in [6, 6.07) is 0. The number of halogens is 1. The van der Waals surface area contributed by atoms with Crippen LogP contribution in [-0.2, 0) is 13.1 Å². The SMILES string of the molecule is CCn1cnnc1CN=C(N)NCC(C)C.I. The van der Waals surface area contributed by atoms with Crippen molar-refractivity contribution < 1.29 is 0 Å². The number of hydrogen-bond acceptors (Lipinski definition) is 3. The van der Waals surface area contributed by atoms with Crippen LogP contribution in [0, 0.1) is 5.92 Å². The van der Waals surface area contributed by atoms with E-state index in [1.54, 1.807) is 6.33 Å². The van der Waals surface area contributed by atoms with Crippen molar-refractivity contribution in [2.75, 3.05) is 6.54 Å². The predicted molar refractivity (Wildman–Crippen MR) is 79.3 cm³/mol. The molecule has 0 aliphatic heterocycles. The number of nitrogens with two attached hydrogens (primary N) is 1. The summed E-state index contributed by atoms with van der Waals surface area (Å²) in [7, 11) is 0. The molecule has 0 saturated carbocycles. The zero-order valence-corrected chi connectivity index (χ0v) is 12.9. The van der Waals surface area contributed by atoms with Gasteiger partial charge in [0.25, 0.3) is 0 Å². The highest BCUT2D eigenvalue weighted by Gasteiger charge is 2.01. The summed E-state index contributed by atoms with van der Waals surface area (Å²) in [5.74, 6) is 1.84. The van der Waals surface area contributed by atoms with Crippen LogP contribution in [0.1, 0.15) is 26.6 Å². The van der Waals surface area contributed by atoms with Gasteiger partial charge in [-0.05, 0) is 12.8 Å². The highest BCUT2D eigenvalue weighted by Crippen LogP contribution is 1.96. The molecule has 3 N–H and O–H groups in total. The van der Waals surface area contributed by atoms with Crippen molar-refractivity contribution in [3.63, 3.8) is 0 Å². The van der Waals surface area contributed by atoms with Crippen molar-refractivity contribution in [1.29, 1.82) is 0 Å². The van der Waals surface area contributed by atoms with Gasteiger partial charge in [0.1, 0.15) is 12.9 Å². The van der Waals surface area contributed by atoms with Crippen LogP contribution in [0.3, 0.4) is 0 Å². The molecule has 0 aliphatic carbocycles. The van der Waals surface area contributed by atoms with Crippen molar-refractivity contribution in [2.45, 2.75) is 33.9 Å². The predicted octanol–water partition coefficient (Wildman–Crippen LogP) is 0.976. The fourth-order valence-corrected chi connectivity index (χ4v) is 1.19. The molecule has 0 fully saturated rings. The van der Waals surface area contributed by atoms with Gasteiger partial charge in [0.15, 0.2) is 11.8 Å². The third-order valence-corrected chi connectivity index (χ3v) is 2.12. The summed E-state index contributed by atoms with van der Waals surface area (Å²) < 4.78 is 1.94. The van der Waals surface area contributed by atoms with E-state index in [1.807, 2.05) is 11.5 Å². The average Bonchev–Trinajstić information content (AvgIpc) is 2.70. The van der Waals surface area contributed by atoms with Gasteiger partial charge in [-0.1, -0.05) is 13.8 Å². The summed E-state index contributed by atoms with van der Waals surface area (Å²) in [4.78, 5) is 4.21. The molecule has 0 saturated heterocycles. The lowest BCUT2D eigenvalue weighted by Crippen LogP contribution is -2.34. The van der Waals surface area contributed by atoms with Gasteiger partial charge in [-0.2, -0.15) is 0 Å². The molecular formula is C10H21IN6. The maximum Gasteiger partial charge on any atom is 0.189 e. The van der Waals surface area contributed by atoms with Crippen molar-refractivity contribution >= 4 is 29.9 Å². The lowest BCUT2D eigenvalue weighted by atomic mass is 10.2. The number of nitrogens with zero attached hydrogens (tertiary/aromatic N) is 4. The third kappa shape index (κ3) is 5.85. The zero-order chi connectivity index (χ0) is 12.0. The number of rotatable bonds is 5. The number of aryl methyl sites for hydroxylation is 1. The van der Waals surface area contributed by atoms with Gasteiger partial charge in [-0.3, -0.25) is 0 Å². The number of aliphatic imine (C=N–C) groups is 1. The van der Waals surface area contributed by atoms with Crippen LogP contribution in [0.5, 0.6) is 0 Å². The molecule has 6 nitrogen and oxygen atoms in total. The largest absolute Gasteiger partial charge is 0.370 e. The van der Waals surface area contributed by atoms with E-state index in [-0.39, 0.29) is 24.0 Å². The molecule has 0 amide bonds. The normalized spacial score (nSPS) is 11.4. The van der Waals surface area contributed by atoms with E-state index in [4.69, 9.17) is 5.73 Å². The molecule has 7 heteroatoms. The van der Waals surface area contributed by atoms with E-state index in [0.29, 0.717) is 18.4 Å². The molecular weight excluding hydrogens is 331 g/mol. The quantitative estimate of drug-likeness (QED) is 0.470. The van der Waals surface area contributed by atoms with Crippen LogP contribution >= 0.6 is 24.0 Å². The monoisotopic (exact) mass is 352 g/mol. The van der Waals surface area contributed by atoms with Crippen molar-refractivity contribution in [3.8, 4) is 0 Å². The molecule has 0 radical (unpaired) electrons. The Balaban J connectivity index is 0.00000256. The van der Waals surface area contributed by atoms with Crippen LogP contribution in [0.15, 0.2) is 11.3 Å². The number of aromatic nitrogens is 3. The summed E-state index contributed by atoms with van der Waals surface area (Å²) in [6.45, 7) is 8.41. The Kier molecular flexibility index (Phi) is 7.85. The Morgan fingerprint density at radius 2 is 2.29 bits per heavy atom. The summed E-state index contributed by atoms with van der Waals surface area (Å²) in [5.41, 5.74) is 5.71. The molecule has 0 aliphatic rings. The van der Waals surface area contributed by atoms with Crippen LogP contribution < -0.4 is 11.1 Å². The first-order valence-corrected chi connectivity index (χ1v) is 5.54. The Morgan fingerprint density at radius 1 is 1.59 bits per heavy atom. The van der Waals surface area contributed by atoms with E-state index in [2.05, 4.69) is 34.4 Å². The first kappa shape index (κ1) is 16.1. The summed E-state index contributed by atoms with van der Waals surface area (Å²) >= 11 is 0. The molecule has 0 bridgehead atoms. The fraction of sp³-hybridized carbons (Fsp3) is 0.700. The molecule has 1 aromatic heterocycles. The fourth-order valence-electron chi connectivity index (χ4n) is 1.19. The lowest BCUT2D eigenvalue weighted by Gasteiger charge is -2.07. The van der Waals surface area contributed by atoms with Gasteiger partial charge in [-0.25, -0.2) is 4.99 Å². The minimum atomic E-state index is 0. The Bertz CT molecular complexity index is 346. The molecule has 1 heterocycles. The van der Waals surface area contributed by atoms with E-state index in [0.717, 1.165) is 18.9 Å². The number of hydrogen-bond donors (Lipinski definition) is 2. The third-order valence-electron chi connectivity index (χ3n) is 2.12. The molecule has 1 aromatic rings. The van der Waals surface area contributed by atoms with Gasteiger partial charge >= 0.3 is 0 Å². The highest BCUT2D eigenvalue weighted by atomic mass is 127. The van der Waals surface area contributed by atoms with E-state index in [1.165, 1.54) is 0 Å². The lowest BCUT2D eigenvalue weighted by molar-refractivity contribution is 0.620. The first-order valence-electron chi connectivity index (χ1n) is 5.54. The topological polar surface area (TPSA) is 81.1 Å². The van der Waals surface area contributed by atoms with Crippen molar-refractivity contribution in [1.82, 2.24) is 20.1 Å².